The highest BCUT2D eigenvalue weighted by Gasteiger charge is 1.95. The van der Waals surface area contributed by atoms with Gasteiger partial charge in [-0.25, -0.2) is 11.1 Å². The molecule has 3 nitrogen and oxygen atoms in total. The molecule has 0 spiro atoms. The molecule has 4 heteroatoms. The van der Waals surface area contributed by atoms with Gasteiger partial charge in [0.25, 0.3) is 0 Å². The van der Waals surface area contributed by atoms with E-state index in [1.807, 2.05) is 13.2 Å². The molecule has 0 fully saturated rings. The van der Waals surface area contributed by atoms with Gasteiger partial charge in [-0.05, 0) is 12.0 Å². The van der Waals surface area contributed by atoms with Gasteiger partial charge in [0.15, 0.2) is 0 Å². The van der Waals surface area contributed by atoms with E-state index in [9.17, 15) is 4.79 Å². The summed E-state index contributed by atoms with van der Waals surface area (Å²) in [5.41, 5.74) is 0. The fourth-order valence-corrected chi connectivity index (χ4v) is 0.943. The first kappa shape index (κ1) is 8.78. The molecule has 0 aromatic rings. The molecular weight excluding hydrogens is 138 g/mol. The van der Waals surface area contributed by atoms with Gasteiger partial charge in [0.1, 0.15) is 6.54 Å². The Morgan fingerprint density at radius 3 is 2.67 bits per heavy atom. The van der Waals surface area contributed by atoms with Crippen LogP contribution in [0.1, 0.15) is 6.92 Å². The number of thiol groups is 1. The summed E-state index contributed by atoms with van der Waals surface area (Å²) in [4.78, 5) is 9.97. The van der Waals surface area contributed by atoms with E-state index in [-0.39, 0.29) is 17.6 Å². The number of hydrogen-bond donors (Lipinski definition) is 3. The van der Waals surface area contributed by atoms with Crippen molar-refractivity contribution in [3.63, 3.8) is 0 Å². The molecule has 0 saturated heterocycles. The maximum Gasteiger partial charge on any atom is 0.318 e. The Morgan fingerprint density at radius 2 is 2.33 bits per heavy atom. The maximum absolute atomic E-state index is 9.97. The van der Waals surface area contributed by atoms with Crippen LogP contribution in [0.5, 0.6) is 0 Å². The van der Waals surface area contributed by atoms with Gasteiger partial charge in [0.2, 0.25) is 0 Å². The number of rotatable bonds is 4. The average Bonchev–Trinajstić information content (AvgIpc) is 1.83. The molecule has 0 bridgehead atoms. The topological polar surface area (TPSA) is 49.3 Å². The Balaban J connectivity index is 3.16. The number of carboxylic acid groups (broad SMARTS) is 1. The largest absolute Gasteiger partial charge is 0.480 e. The predicted octanol–water partition coefficient (Wildman–Crippen LogP) is 0.226. The number of carbonyl (C=O) groups is 1. The molecule has 0 aliphatic rings. The van der Waals surface area contributed by atoms with Crippen LogP contribution < -0.4 is 4.72 Å². The quantitative estimate of drug-likeness (QED) is 0.504. The van der Waals surface area contributed by atoms with E-state index >= 15 is 0 Å². The van der Waals surface area contributed by atoms with Crippen LogP contribution in [-0.4, -0.2) is 29.6 Å². The van der Waals surface area contributed by atoms with Crippen LogP contribution in [0.2, 0.25) is 0 Å². The van der Waals surface area contributed by atoms with Crippen LogP contribution in [-0.2, 0) is 4.79 Å². The Labute approximate surface area is 57.9 Å². The predicted molar refractivity (Wildman–Crippen MR) is 41.1 cm³/mol. The van der Waals surface area contributed by atoms with E-state index in [4.69, 9.17) is 5.11 Å². The maximum atomic E-state index is 9.97. The van der Waals surface area contributed by atoms with Crippen LogP contribution >= 0.6 is 11.1 Å². The third-order valence-electron chi connectivity index (χ3n) is 0.975. The van der Waals surface area contributed by atoms with Crippen molar-refractivity contribution in [3.8, 4) is 0 Å². The Morgan fingerprint density at radius 1 is 1.78 bits per heavy atom. The highest BCUT2D eigenvalue weighted by atomic mass is 32.2. The number of aliphatic carboxylic acids is 1. The molecule has 0 aliphatic heterocycles. The highest BCUT2D eigenvalue weighted by molar-refractivity contribution is 8.14. The van der Waals surface area contributed by atoms with Crippen LogP contribution in [0.3, 0.4) is 0 Å². The molecule has 0 rings (SSSR count). The smallest absolute Gasteiger partial charge is 0.318 e. The lowest BCUT2D eigenvalue weighted by Gasteiger charge is -2.12. The standard InChI is InChI=1S/C5H13NO2S/c1-3-9(2)6-4-5(7)8/h6,9H,3-4H2,1-2H3,(H,7,8). The lowest BCUT2D eigenvalue weighted by atomic mass is 10.7. The first-order chi connectivity index (χ1) is 4.16. The molecular formula is C5H13NO2S. The van der Waals surface area contributed by atoms with Gasteiger partial charge in [-0.2, -0.15) is 0 Å². The van der Waals surface area contributed by atoms with Gasteiger partial charge >= 0.3 is 5.97 Å². The molecule has 9 heavy (non-hydrogen) atoms. The van der Waals surface area contributed by atoms with Crippen molar-refractivity contribution in [3.05, 3.63) is 0 Å². The number of nitrogens with one attached hydrogen (secondary N) is 1. The molecule has 0 saturated carbocycles. The summed E-state index contributed by atoms with van der Waals surface area (Å²) in [7, 11) is 0. The minimum absolute atomic E-state index is 0.0933. The first-order valence-corrected chi connectivity index (χ1v) is 4.80. The average molecular weight is 151 g/mol. The van der Waals surface area contributed by atoms with E-state index in [0.717, 1.165) is 5.75 Å². The Kier molecular flexibility index (Phi) is 4.53. The van der Waals surface area contributed by atoms with Crippen LogP contribution in [0.15, 0.2) is 0 Å². The summed E-state index contributed by atoms with van der Waals surface area (Å²) < 4.78 is 2.90. The molecule has 0 aliphatic carbocycles. The van der Waals surface area contributed by atoms with E-state index < -0.39 is 5.97 Å². The molecule has 56 valence electrons. The molecule has 1 unspecified atom stereocenters. The van der Waals surface area contributed by atoms with Crippen LogP contribution in [0, 0.1) is 0 Å². The van der Waals surface area contributed by atoms with Crippen molar-refractivity contribution in [2.75, 3.05) is 18.6 Å². The molecule has 0 aromatic heterocycles. The minimum Gasteiger partial charge on any atom is -0.480 e. The lowest BCUT2D eigenvalue weighted by molar-refractivity contribution is -0.135. The summed E-state index contributed by atoms with van der Waals surface area (Å²) in [6, 6.07) is 0. The highest BCUT2D eigenvalue weighted by Crippen LogP contribution is 2.10. The summed E-state index contributed by atoms with van der Waals surface area (Å²) in [6.07, 6.45) is 2.03. The van der Waals surface area contributed by atoms with Gasteiger partial charge in [0.05, 0.1) is 0 Å². The fourth-order valence-electron chi connectivity index (χ4n) is 0.314. The zero-order valence-corrected chi connectivity index (χ0v) is 6.61. The van der Waals surface area contributed by atoms with Gasteiger partial charge in [-0.15, -0.1) is 0 Å². The lowest BCUT2D eigenvalue weighted by Crippen LogP contribution is -2.19. The second-order valence-corrected chi connectivity index (χ2v) is 4.09. The van der Waals surface area contributed by atoms with Crippen LogP contribution in [0.25, 0.3) is 0 Å². The SMILES string of the molecule is CC[SH](C)NCC(=O)O. The third kappa shape index (κ3) is 5.65. The Bertz CT molecular complexity index is 97.0. The Hall–Kier alpha value is -0.220. The normalized spacial score (nSPS) is 15.1. The van der Waals surface area contributed by atoms with E-state index in [2.05, 4.69) is 4.72 Å². The minimum atomic E-state index is -0.780. The molecule has 0 amide bonds. The van der Waals surface area contributed by atoms with Crippen molar-refractivity contribution < 1.29 is 9.90 Å². The van der Waals surface area contributed by atoms with Crippen molar-refractivity contribution in [1.82, 2.24) is 4.72 Å². The number of carboxylic acids is 1. The van der Waals surface area contributed by atoms with Gasteiger partial charge in [-0.3, -0.25) is 9.52 Å². The third-order valence-corrected chi connectivity index (χ3v) is 2.62. The van der Waals surface area contributed by atoms with Gasteiger partial charge < -0.3 is 5.11 Å². The second kappa shape index (κ2) is 4.64. The van der Waals surface area contributed by atoms with Crippen molar-refractivity contribution in [1.29, 1.82) is 0 Å². The second-order valence-electron chi connectivity index (χ2n) is 1.74. The first-order valence-electron chi connectivity index (χ1n) is 2.83. The molecule has 0 radical (unpaired) electrons. The van der Waals surface area contributed by atoms with E-state index in [1.54, 1.807) is 0 Å². The summed E-state index contributed by atoms with van der Waals surface area (Å²) >= 11 is -0.242. The summed E-state index contributed by atoms with van der Waals surface area (Å²) in [5, 5.41) is 8.21. The summed E-state index contributed by atoms with van der Waals surface area (Å²) in [5.74, 6) is 0.251. The van der Waals surface area contributed by atoms with Gasteiger partial charge in [0, 0.05) is 0 Å². The number of hydrogen-bond acceptors (Lipinski definition) is 2. The molecule has 1 atom stereocenters. The summed E-state index contributed by atoms with van der Waals surface area (Å²) in [6.45, 7) is 2.14. The van der Waals surface area contributed by atoms with Crippen LogP contribution in [0.4, 0.5) is 0 Å². The molecule has 0 aromatic carbocycles. The zero-order chi connectivity index (χ0) is 7.28. The van der Waals surface area contributed by atoms with E-state index in [0.29, 0.717) is 0 Å². The van der Waals surface area contributed by atoms with Crippen molar-refractivity contribution in [2.24, 2.45) is 0 Å². The van der Waals surface area contributed by atoms with E-state index in [1.165, 1.54) is 0 Å². The fraction of sp³-hybridized carbons (Fsp3) is 0.800. The molecule has 0 heterocycles. The van der Waals surface area contributed by atoms with Crippen molar-refractivity contribution >= 4 is 17.1 Å². The molecule has 2 N–H and O–H groups in total. The zero-order valence-electron chi connectivity index (χ0n) is 5.72. The van der Waals surface area contributed by atoms with Gasteiger partial charge in [-0.1, -0.05) is 6.92 Å². The monoisotopic (exact) mass is 151 g/mol. The van der Waals surface area contributed by atoms with Crippen molar-refractivity contribution in [2.45, 2.75) is 6.92 Å².